The number of halogens is 1. The Labute approximate surface area is 117 Å². The van der Waals surface area contributed by atoms with Crippen LogP contribution < -0.4 is 5.73 Å². The predicted octanol–water partition coefficient (Wildman–Crippen LogP) is 3.83. The van der Waals surface area contributed by atoms with Crippen molar-refractivity contribution in [3.63, 3.8) is 0 Å². The van der Waals surface area contributed by atoms with Gasteiger partial charge in [0.2, 0.25) is 0 Å². The van der Waals surface area contributed by atoms with Gasteiger partial charge in [-0.05, 0) is 36.0 Å². The Kier molecular flexibility index (Phi) is 5.82. The van der Waals surface area contributed by atoms with E-state index in [1.807, 2.05) is 12.1 Å². The number of hydrogen-bond acceptors (Lipinski definition) is 2. The van der Waals surface area contributed by atoms with Gasteiger partial charge in [-0.25, -0.2) is 0 Å². The highest BCUT2D eigenvalue weighted by Crippen LogP contribution is 2.30. The van der Waals surface area contributed by atoms with Crippen LogP contribution in [0, 0.1) is 0 Å². The van der Waals surface area contributed by atoms with E-state index in [2.05, 4.69) is 35.8 Å². The molecule has 0 radical (unpaired) electrons. The van der Waals surface area contributed by atoms with Crippen LogP contribution >= 0.6 is 15.9 Å². The largest absolute Gasteiger partial charge is 0.481 e. The molecule has 0 fully saturated rings. The van der Waals surface area contributed by atoms with Gasteiger partial charge in [0.05, 0.1) is 0 Å². The average molecular weight is 314 g/mol. The van der Waals surface area contributed by atoms with Gasteiger partial charge in [-0.2, -0.15) is 0 Å². The zero-order valence-electron chi connectivity index (χ0n) is 10.8. The molecule has 0 spiro atoms. The molecule has 18 heavy (non-hydrogen) atoms. The van der Waals surface area contributed by atoms with E-state index in [4.69, 9.17) is 10.8 Å². The zero-order chi connectivity index (χ0) is 13.7. The van der Waals surface area contributed by atoms with Gasteiger partial charge in [0, 0.05) is 16.9 Å². The van der Waals surface area contributed by atoms with E-state index in [0.29, 0.717) is 12.3 Å². The molecule has 0 heterocycles. The molecule has 0 aliphatic heterocycles. The molecule has 1 rings (SSSR count). The third-order valence-electron chi connectivity index (χ3n) is 3.27. The lowest BCUT2D eigenvalue weighted by Crippen LogP contribution is -2.12. The third-order valence-corrected chi connectivity index (χ3v) is 3.95. The van der Waals surface area contributed by atoms with Crippen LogP contribution in [-0.2, 0) is 4.79 Å². The van der Waals surface area contributed by atoms with Crippen LogP contribution in [0.3, 0.4) is 0 Å². The Balaban J connectivity index is 2.80. The van der Waals surface area contributed by atoms with Gasteiger partial charge < -0.3 is 10.8 Å². The van der Waals surface area contributed by atoms with Crippen LogP contribution in [0.1, 0.15) is 56.2 Å². The molecule has 100 valence electrons. The first-order valence-corrected chi connectivity index (χ1v) is 7.01. The van der Waals surface area contributed by atoms with Crippen molar-refractivity contribution in [3.8, 4) is 0 Å². The summed E-state index contributed by atoms with van der Waals surface area (Å²) in [7, 11) is 0. The Bertz CT molecular complexity index is 420. The first-order chi connectivity index (χ1) is 8.45. The highest BCUT2D eigenvalue weighted by atomic mass is 79.9. The van der Waals surface area contributed by atoms with Gasteiger partial charge in [-0.3, -0.25) is 4.79 Å². The molecule has 0 saturated heterocycles. The van der Waals surface area contributed by atoms with E-state index in [1.54, 1.807) is 0 Å². The van der Waals surface area contributed by atoms with Crippen LogP contribution in [0.5, 0.6) is 0 Å². The van der Waals surface area contributed by atoms with Gasteiger partial charge in [0.1, 0.15) is 0 Å². The van der Waals surface area contributed by atoms with Crippen molar-refractivity contribution in [2.45, 2.75) is 45.1 Å². The van der Waals surface area contributed by atoms with Gasteiger partial charge in [-0.15, -0.1) is 0 Å². The number of carboxylic acid groups (broad SMARTS) is 1. The molecule has 0 bridgehead atoms. The number of nitrogens with two attached hydrogens (primary N) is 1. The molecular formula is C14H20BrNO2. The van der Waals surface area contributed by atoms with Gasteiger partial charge >= 0.3 is 5.97 Å². The van der Waals surface area contributed by atoms with Crippen molar-refractivity contribution < 1.29 is 9.90 Å². The fourth-order valence-corrected chi connectivity index (χ4v) is 2.63. The summed E-state index contributed by atoms with van der Waals surface area (Å²) in [6.45, 7) is 4.34. The highest BCUT2D eigenvalue weighted by Gasteiger charge is 2.12. The SMILES string of the molecule is CCC(C)c1ccc(C(N)CCC(=O)O)cc1Br. The molecule has 2 unspecified atom stereocenters. The summed E-state index contributed by atoms with van der Waals surface area (Å²) >= 11 is 3.57. The fraction of sp³-hybridized carbons (Fsp3) is 0.500. The third kappa shape index (κ3) is 4.10. The summed E-state index contributed by atoms with van der Waals surface area (Å²) in [4.78, 5) is 10.5. The topological polar surface area (TPSA) is 63.3 Å². The second kappa shape index (κ2) is 6.90. The van der Waals surface area contributed by atoms with Crippen LogP contribution in [0.15, 0.2) is 22.7 Å². The lowest BCUT2D eigenvalue weighted by Gasteiger charge is -2.16. The lowest BCUT2D eigenvalue weighted by molar-refractivity contribution is -0.137. The molecule has 0 aliphatic carbocycles. The van der Waals surface area contributed by atoms with Crippen molar-refractivity contribution in [2.75, 3.05) is 0 Å². The maximum Gasteiger partial charge on any atom is 0.303 e. The maximum absolute atomic E-state index is 10.5. The van der Waals surface area contributed by atoms with Gasteiger partial charge in [0.15, 0.2) is 0 Å². The second-order valence-electron chi connectivity index (χ2n) is 4.63. The predicted molar refractivity (Wildman–Crippen MR) is 76.6 cm³/mol. The fourth-order valence-electron chi connectivity index (χ4n) is 1.84. The highest BCUT2D eigenvalue weighted by molar-refractivity contribution is 9.10. The Morgan fingerprint density at radius 1 is 1.50 bits per heavy atom. The monoisotopic (exact) mass is 313 g/mol. The first kappa shape index (κ1) is 15.2. The minimum absolute atomic E-state index is 0.103. The lowest BCUT2D eigenvalue weighted by atomic mass is 9.95. The van der Waals surface area contributed by atoms with Gasteiger partial charge in [-0.1, -0.05) is 41.9 Å². The van der Waals surface area contributed by atoms with Crippen LogP contribution in [0.25, 0.3) is 0 Å². The van der Waals surface area contributed by atoms with E-state index in [9.17, 15) is 4.79 Å². The van der Waals surface area contributed by atoms with E-state index in [1.165, 1.54) is 5.56 Å². The first-order valence-electron chi connectivity index (χ1n) is 6.22. The molecule has 2 atom stereocenters. The standard InChI is InChI=1S/C14H20BrNO2/c1-3-9(2)11-5-4-10(8-12(11)15)13(16)6-7-14(17)18/h4-5,8-9,13H,3,6-7,16H2,1-2H3,(H,17,18). The summed E-state index contributed by atoms with van der Waals surface area (Å²) < 4.78 is 1.06. The van der Waals surface area contributed by atoms with Crippen LogP contribution in [0.4, 0.5) is 0 Å². The Morgan fingerprint density at radius 2 is 2.17 bits per heavy atom. The molecule has 4 heteroatoms. The molecule has 0 saturated carbocycles. The summed E-state index contributed by atoms with van der Waals surface area (Å²) in [5.74, 6) is -0.301. The number of rotatable bonds is 6. The Morgan fingerprint density at radius 3 is 2.67 bits per heavy atom. The molecule has 0 aromatic heterocycles. The van der Waals surface area contributed by atoms with E-state index in [-0.39, 0.29) is 12.5 Å². The number of aliphatic carboxylic acids is 1. The van der Waals surface area contributed by atoms with Crippen LogP contribution in [-0.4, -0.2) is 11.1 Å². The van der Waals surface area contributed by atoms with Crippen molar-refractivity contribution in [2.24, 2.45) is 5.73 Å². The minimum Gasteiger partial charge on any atom is -0.481 e. The quantitative estimate of drug-likeness (QED) is 0.839. The zero-order valence-corrected chi connectivity index (χ0v) is 12.4. The van der Waals surface area contributed by atoms with E-state index >= 15 is 0 Å². The molecule has 3 N–H and O–H groups in total. The number of carboxylic acids is 1. The molecule has 1 aromatic rings. The van der Waals surface area contributed by atoms with E-state index in [0.717, 1.165) is 16.5 Å². The number of benzene rings is 1. The Hall–Kier alpha value is -0.870. The molecular weight excluding hydrogens is 294 g/mol. The second-order valence-corrected chi connectivity index (χ2v) is 5.48. The average Bonchev–Trinajstić information content (AvgIpc) is 2.34. The summed E-state index contributed by atoms with van der Waals surface area (Å²) in [5.41, 5.74) is 8.24. The summed E-state index contributed by atoms with van der Waals surface area (Å²) in [5, 5.41) is 8.65. The molecule has 3 nitrogen and oxygen atoms in total. The van der Waals surface area contributed by atoms with Crippen LogP contribution in [0.2, 0.25) is 0 Å². The van der Waals surface area contributed by atoms with E-state index < -0.39 is 5.97 Å². The summed E-state index contributed by atoms with van der Waals surface area (Å²) in [6, 6.07) is 5.87. The number of carbonyl (C=O) groups is 1. The smallest absolute Gasteiger partial charge is 0.303 e. The molecule has 0 amide bonds. The maximum atomic E-state index is 10.5. The molecule has 1 aromatic carbocycles. The molecule has 0 aliphatic rings. The minimum atomic E-state index is -0.805. The van der Waals surface area contributed by atoms with Crippen molar-refractivity contribution in [3.05, 3.63) is 33.8 Å². The number of hydrogen-bond donors (Lipinski definition) is 2. The van der Waals surface area contributed by atoms with Gasteiger partial charge in [0.25, 0.3) is 0 Å². The van der Waals surface area contributed by atoms with Crippen molar-refractivity contribution in [1.82, 2.24) is 0 Å². The normalized spacial score (nSPS) is 14.2. The van der Waals surface area contributed by atoms with Crippen molar-refractivity contribution in [1.29, 1.82) is 0 Å². The summed E-state index contributed by atoms with van der Waals surface area (Å²) in [6.07, 6.45) is 1.65. The van der Waals surface area contributed by atoms with Crippen molar-refractivity contribution >= 4 is 21.9 Å².